The summed E-state index contributed by atoms with van der Waals surface area (Å²) in [7, 11) is 1.34. The van der Waals surface area contributed by atoms with Gasteiger partial charge in [-0.15, -0.1) is 0 Å². The van der Waals surface area contributed by atoms with Gasteiger partial charge in [-0.25, -0.2) is 9.59 Å². The fraction of sp³-hybridized carbons (Fsp3) is 0.462. The van der Waals surface area contributed by atoms with Crippen LogP contribution in [0.25, 0.3) is 0 Å². The molecule has 5 heteroatoms. The van der Waals surface area contributed by atoms with Crippen molar-refractivity contribution in [2.45, 2.75) is 27.3 Å². The number of carbonyl (C=O) groups is 1. The summed E-state index contributed by atoms with van der Waals surface area (Å²) >= 11 is 0. The molecule has 0 spiro atoms. The van der Waals surface area contributed by atoms with Gasteiger partial charge >= 0.3 is 5.97 Å². The number of nitrogens with zero attached hydrogens (tertiary/aromatic N) is 1. The molecule has 0 saturated carbocycles. The number of allylic oxidation sites excluding steroid dienone is 1. The lowest BCUT2D eigenvalue weighted by Crippen LogP contribution is -2.06. The molecule has 1 aromatic rings. The fourth-order valence-corrected chi connectivity index (χ4v) is 1.94. The van der Waals surface area contributed by atoms with E-state index in [1.54, 1.807) is 24.4 Å². The van der Waals surface area contributed by atoms with Crippen LogP contribution in [0.5, 0.6) is 5.88 Å². The smallest absolute Gasteiger partial charge is 0.340 e. The average Bonchev–Trinajstić information content (AvgIpc) is 2.59. The van der Waals surface area contributed by atoms with Gasteiger partial charge in [-0.3, -0.25) is 0 Å². The lowest BCUT2D eigenvalue weighted by atomic mass is 10.1. The predicted molar refractivity (Wildman–Crippen MR) is 66.7 cm³/mol. The number of esters is 1. The summed E-state index contributed by atoms with van der Waals surface area (Å²) in [4.78, 5) is 22.0. The van der Waals surface area contributed by atoms with E-state index in [1.807, 2.05) is 6.92 Å². The Morgan fingerprint density at radius 3 is 2.61 bits per heavy atom. The summed E-state index contributed by atoms with van der Waals surface area (Å²) in [6, 6.07) is 0. The summed E-state index contributed by atoms with van der Waals surface area (Å²) in [6.45, 7) is 6.25. The summed E-state index contributed by atoms with van der Waals surface area (Å²) in [5.74, 6) is 1.90. The number of aromatic nitrogens is 1. The first-order valence-electron chi connectivity index (χ1n) is 5.68. The Morgan fingerprint density at radius 2 is 2.11 bits per heavy atom. The van der Waals surface area contributed by atoms with Gasteiger partial charge in [-0.05, 0) is 20.8 Å². The van der Waals surface area contributed by atoms with Gasteiger partial charge in [0, 0.05) is 17.3 Å². The third-order valence-electron chi connectivity index (χ3n) is 2.74. The SMILES string of the molecule is CCOc1c(C)c(C(=O)OC)c(C)n1CC=C=O. The van der Waals surface area contributed by atoms with Gasteiger partial charge in [0.25, 0.3) is 0 Å². The molecular formula is C13H17NO4. The minimum Gasteiger partial charge on any atom is -0.479 e. The Kier molecular flexibility index (Phi) is 4.75. The Bertz CT molecular complexity index is 496. The minimum atomic E-state index is -0.403. The van der Waals surface area contributed by atoms with Gasteiger partial charge in [0.1, 0.15) is 5.94 Å². The second-order valence-electron chi connectivity index (χ2n) is 3.75. The maximum absolute atomic E-state index is 11.7. The normalized spacial score (nSPS) is 9.78. The number of hydrogen-bond donors (Lipinski definition) is 0. The van der Waals surface area contributed by atoms with Gasteiger partial charge in [0.05, 0.1) is 25.8 Å². The van der Waals surface area contributed by atoms with Crippen LogP contribution >= 0.6 is 0 Å². The molecule has 0 saturated heterocycles. The monoisotopic (exact) mass is 251 g/mol. The lowest BCUT2D eigenvalue weighted by molar-refractivity contribution is 0.0599. The molecule has 0 aliphatic rings. The van der Waals surface area contributed by atoms with E-state index in [2.05, 4.69) is 0 Å². The highest BCUT2D eigenvalue weighted by molar-refractivity contribution is 5.93. The highest BCUT2D eigenvalue weighted by atomic mass is 16.5. The molecule has 98 valence electrons. The summed E-state index contributed by atoms with van der Waals surface area (Å²) in [6.07, 6.45) is 1.34. The van der Waals surface area contributed by atoms with Gasteiger partial charge in [0.15, 0.2) is 5.88 Å². The van der Waals surface area contributed by atoms with Gasteiger partial charge < -0.3 is 14.0 Å². The number of rotatable bonds is 5. The fourth-order valence-electron chi connectivity index (χ4n) is 1.94. The molecule has 1 heterocycles. The summed E-state index contributed by atoms with van der Waals surface area (Å²) < 4.78 is 12.0. The van der Waals surface area contributed by atoms with E-state index in [4.69, 9.17) is 9.47 Å². The van der Waals surface area contributed by atoms with E-state index in [1.165, 1.54) is 13.2 Å². The zero-order valence-electron chi connectivity index (χ0n) is 11.1. The van der Waals surface area contributed by atoms with Crippen LogP contribution in [0.2, 0.25) is 0 Å². The number of hydrogen-bond acceptors (Lipinski definition) is 4. The van der Waals surface area contributed by atoms with Crippen molar-refractivity contribution in [2.75, 3.05) is 13.7 Å². The quantitative estimate of drug-likeness (QED) is 0.590. The van der Waals surface area contributed by atoms with E-state index in [0.29, 0.717) is 30.3 Å². The van der Waals surface area contributed by atoms with Crippen LogP contribution in [0, 0.1) is 13.8 Å². The third kappa shape index (κ3) is 2.46. The molecular weight excluding hydrogens is 234 g/mol. The Labute approximate surface area is 106 Å². The highest BCUT2D eigenvalue weighted by Gasteiger charge is 2.23. The maximum Gasteiger partial charge on any atom is 0.340 e. The zero-order valence-corrected chi connectivity index (χ0v) is 11.1. The summed E-state index contributed by atoms with van der Waals surface area (Å²) in [5.41, 5.74) is 1.93. The standard InChI is InChI=1S/C13H17NO4/c1-5-18-12-9(2)11(13(16)17-4)10(3)14(12)7-6-8-15/h6H,5,7H2,1-4H3. The molecule has 0 radical (unpaired) electrons. The molecule has 1 aromatic heterocycles. The first-order valence-corrected chi connectivity index (χ1v) is 5.68. The van der Waals surface area contributed by atoms with Crippen molar-refractivity contribution in [3.05, 3.63) is 22.9 Å². The van der Waals surface area contributed by atoms with Crippen molar-refractivity contribution in [1.82, 2.24) is 4.57 Å². The molecule has 0 aromatic carbocycles. The topological polar surface area (TPSA) is 57.5 Å². The molecule has 0 bridgehead atoms. The Balaban J connectivity index is 3.38. The van der Waals surface area contributed by atoms with E-state index in [9.17, 15) is 9.59 Å². The number of methoxy groups -OCH3 is 1. The van der Waals surface area contributed by atoms with Gasteiger partial charge in [0.2, 0.25) is 0 Å². The van der Waals surface area contributed by atoms with E-state index in [0.717, 1.165) is 5.56 Å². The van der Waals surface area contributed by atoms with Crippen LogP contribution in [0.1, 0.15) is 28.5 Å². The van der Waals surface area contributed by atoms with Crippen molar-refractivity contribution in [3.8, 4) is 5.88 Å². The highest BCUT2D eigenvalue weighted by Crippen LogP contribution is 2.29. The zero-order chi connectivity index (χ0) is 13.7. The second-order valence-corrected chi connectivity index (χ2v) is 3.75. The third-order valence-corrected chi connectivity index (χ3v) is 2.74. The molecule has 0 amide bonds. The molecule has 5 nitrogen and oxygen atoms in total. The molecule has 18 heavy (non-hydrogen) atoms. The minimum absolute atomic E-state index is 0.322. The summed E-state index contributed by atoms with van der Waals surface area (Å²) in [5, 5.41) is 0. The second kappa shape index (κ2) is 6.07. The average molecular weight is 251 g/mol. The Morgan fingerprint density at radius 1 is 1.44 bits per heavy atom. The predicted octanol–water partition coefficient (Wildman–Crippen LogP) is 1.68. The molecule has 0 atom stereocenters. The first kappa shape index (κ1) is 14.1. The molecule has 0 aliphatic carbocycles. The molecule has 0 unspecified atom stereocenters. The van der Waals surface area contributed by atoms with E-state index in [-0.39, 0.29) is 0 Å². The number of carbonyl (C=O) groups excluding carboxylic acids is 2. The van der Waals surface area contributed by atoms with Gasteiger partial charge in [-0.2, -0.15) is 0 Å². The van der Waals surface area contributed by atoms with Crippen LogP contribution < -0.4 is 4.74 Å². The molecule has 0 aliphatic heterocycles. The van der Waals surface area contributed by atoms with Crippen LogP contribution in [0.15, 0.2) is 6.08 Å². The van der Waals surface area contributed by atoms with Crippen molar-refractivity contribution in [1.29, 1.82) is 0 Å². The lowest BCUT2D eigenvalue weighted by Gasteiger charge is -2.09. The molecule has 1 rings (SSSR count). The van der Waals surface area contributed by atoms with Gasteiger partial charge in [-0.1, -0.05) is 0 Å². The van der Waals surface area contributed by atoms with Crippen LogP contribution in [-0.4, -0.2) is 30.2 Å². The van der Waals surface area contributed by atoms with E-state index < -0.39 is 5.97 Å². The first-order chi connectivity index (χ1) is 8.58. The Hall–Kier alpha value is -2.00. The van der Waals surface area contributed by atoms with E-state index >= 15 is 0 Å². The van der Waals surface area contributed by atoms with Crippen molar-refractivity contribution >= 4 is 11.9 Å². The van der Waals surface area contributed by atoms with Crippen molar-refractivity contribution in [3.63, 3.8) is 0 Å². The van der Waals surface area contributed by atoms with Crippen molar-refractivity contribution < 1.29 is 19.1 Å². The number of ether oxygens (including phenoxy) is 2. The maximum atomic E-state index is 11.7. The van der Waals surface area contributed by atoms with Crippen molar-refractivity contribution in [2.24, 2.45) is 0 Å². The van der Waals surface area contributed by atoms with Crippen LogP contribution in [-0.2, 0) is 16.1 Å². The molecule has 0 fully saturated rings. The molecule has 0 N–H and O–H groups in total. The van der Waals surface area contributed by atoms with Crippen LogP contribution in [0.3, 0.4) is 0 Å². The van der Waals surface area contributed by atoms with Crippen LogP contribution in [0.4, 0.5) is 0 Å². The largest absolute Gasteiger partial charge is 0.479 e.